The Kier molecular flexibility index (Phi) is 3.52. The molecule has 0 spiro atoms. The minimum Gasteiger partial charge on any atom is -0.0625 e. The van der Waals surface area contributed by atoms with Crippen molar-refractivity contribution in [2.75, 3.05) is 0 Å². The molecule has 0 unspecified atom stereocenters. The van der Waals surface area contributed by atoms with Gasteiger partial charge in [-0.05, 0) is 49.4 Å². The summed E-state index contributed by atoms with van der Waals surface area (Å²) >= 11 is 0. The fourth-order valence-corrected chi connectivity index (χ4v) is 3.51. The highest BCUT2D eigenvalue weighted by Crippen LogP contribution is 2.40. The Morgan fingerprint density at radius 2 is 0.786 bits per heavy atom. The van der Waals surface area contributed by atoms with Gasteiger partial charge in [0.25, 0.3) is 0 Å². The largest absolute Gasteiger partial charge is 0.0625 e. The third-order valence-corrected chi connectivity index (χ3v) is 4.79. The Balaban J connectivity index is 1.78. The van der Waals surface area contributed by atoms with Crippen LogP contribution in [0.1, 0.15) is 65.2 Å². The SMILES string of the molecule is CC1CCC(C2CCC(C)CC2)CC1. The zero-order chi connectivity index (χ0) is 9.97. The highest BCUT2D eigenvalue weighted by molar-refractivity contribution is 4.80. The molecule has 0 N–H and O–H groups in total. The van der Waals surface area contributed by atoms with Gasteiger partial charge in [0, 0.05) is 0 Å². The average molecular weight is 194 g/mol. The number of hydrogen-bond acceptors (Lipinski definition) is 0. The van der Waals surface area contributed by atoms with E-state index < -0.39 is 0 Å². The van der Waals surface area contributed by atoms with Crippen LogP contribution >= 0.6 is 0 Å². The first-order chi connectivity index (χ1) is 6.75. The molecule has 0 heteroatoms. The van der Waals surface area contributed by atoms with Gasteiger partial charge in [-0.3, -0.25) is 0 Å². The zero-order valence-corrected chi connectivity index (χ0v) is 9.97. The summed E-state index contributed by atoms with van der Waals surface area (Å²) in [4.78, 5) is 0. The molecule has 2 saturated carbocycles. The van der Waals surface area contributed by atoms with Crippen molar-refractivity contribution in [3.63, 3.8) is 0 Å². The molecule has 0 aromatic carbocycles. The maximum Gasteiger partial charge on any atom is -0.0386 e. The first kappa shape index (κ1) is 10.5. The van der Waals surface area contributed by atoms with E-state index in [1.54, 1.807) is 25.7 Å². The Hall–Kier alpha value is 0. The van der Waals surface area contributed by atoms with Crippen LogP contribution in [0, 0.1) is 23.7 Å². The van der Waals surface area contributed by atoms with Crippen LogP contribution in [-0.2, 0) is 0 Å². The van der Waals surface area contributed by atoms with Crippen LogP contribution in [0.3, 0.4) is 0 Å². The van der Waals surface area contributed by atoms with Crippen LogP contribution in [0.15, 0.2) is 0 Å². The monoisotopic (exact) mass is 194 g/mol. The van der Waals surface area contributed by atoms with Crippen LogP contribution in [0.25, 0.3) is 0 Å². The molecular formula is C14H26. The van der Waals surface area contributed by atoms with Gasteiger partial charge in [-0.2, -0.15) is 0 Å². The molecule has 2 aliphatic rings. The van der Waals surface area contributed by atoms with Crippen molar-refractivity contribution < 1.29 is 0 Å². The molecule has 0 saturated heterocycles. The van der Waals surface area contributed by atoms with E-state index in [9.17, 15) is 0 Å². The first-order valence-electron chi connectivity index (χ1n) is 6.75. The van der Waals surface area contributed by atoms with Crippen molar-refractivity contribution >= 4 is 0 Å². The highest BCUT2D eigenvalue weighted by atomic mass is 14.3. The lowest BCUT2D eigenvalue weighted by atomic mass is 9.70. The summed E-state index contributed by atoms with van der Waals surface area (Å²) in [5, 5.41) is 0. The lowest BCUT2D eigenvalue weighted by molar-refractivity contribution is 0.155. The summed E-state index contributed by atoms with van der Waals surface area (Å²) in [7, 11) is 0. The molecule has 2 fully saturated rings. The van der Waals surface area contributed by atoms with Crippen molar-refractivity contribution in [3.05, 3.63) is 0 Å². The van der Waals surface area contributed by atoms with E-state index in [4.69, 9.17) is 0 Å². The molecule has 0 radical (unpaired) electrons. The summed E-state index contributed by atoms with van der Waals surface area (Å²) in [5.74, 6) is 4.26. The van der Waals surface area contributed by atoms with Crippen molar-refractivity contribution in [1.82, 2.24) is 0 Å². The standard InChI is InChI=1S/C14H26/c1-11-3-7-13(8-4-11)14-9-5-12(2)6-10-14/h11-14H,3-10H2,1-2H3. The first-order valence-corrected chi connectivity index (χ1v) is 6.75. The number of hydrogen-bond donors (Lipinski definition) is 0. The van der Waals surface area contributed by atoms with Crippen LogP contribution < -0.4 is 0 Å². The minimum atomic E-state index is 1.02. The molecule has 0 heterocycles. The topological polar surface area (TPSA) is 0 Å². The molecule has 0 aromatic heterocycles. The number of rotatable bonds is 1. The van der Waals surface area contributed by atoms with E-state index in [0.29, 0.717) is 0 Å². The van der Waals surface area contributed by atoms with E-state index >= 15 is 0 Å². The van der Waals surface area contributed by atoms with Gasteiger partial charge in [0.15, 0.2) is 0 Å². The second-order valence-electron chi connectivity index (χ2n) is 6.04. The zero-order valence-electron chi connectivity index (χ0n) is 9.97. The Bertz CT molecular complexity index is 137. The van der Waals surface area contributed by atoms with Gasteiger partial charge < -0.3 is 0 Å². The normalized spacial score (nSPS) is 45.0. The third kappa shape index (κ3) is 2.52. The van der Waals surface area contributed by atoms with Gasteiger partial charge in [-0.1, -0.05) is 39.5 Å². The highest BCUT2D eigenvalue weighted by Gasteiger charge is 2.28. The molecule has 0 aliphatic heterocycles. The van der Waals surface area contributed by atoms with Gasteiger partial charge in [-0.15, -0.1) is 0 Å². The van der Waals surface area contributed by atoms with Crippen LogP contribution in [0.4, 0.5) is 0 Å². The molecule has 2 aliphatic carbocycles. The van der Waals surface area contributed by atoms with Gasteiger partial charge in [0.05, 0.1) is 0 Å². The molecule has 14 heavy (non-hydrogen) atoms. The fourth-order valence-electron chi connectivity index (χ4n) is 3.51. The van der Waals surface area contributed by atoms with Gasteiger partial charge >= 0.3 is 0 Å². The van der Waals surface area contributed by atoms with E-state index in [0.717, 1.165) is 23.7 Å². The Morgan fingerprint density at radius 1 is 0.500 bits per heavy atom. The van der Waals surface area contributed by atoms with Crippen molar-refractivity contribution in [1.29, 1.82) is 0 Å². The Morgan fingerprint density at radius 3 is 1.07 bits per heavy atom. The second-order valence-corrected chi connectivity index (χ2v) is 6.04. The molecular weight excluding hydrogens is 168 g/mol. The van der Waals surface area contributed by atoms with E-state index in [1.165, 1.54) is 25.7 Å². The maximum atomic E-state index is 2.43. The van der Waals surface area contributed by atoms with E-state index in [1.807, 2.05) is 0 Å². The van der Waals surface area contributed by atoms with E-state index in [-0.39, 0.29) is 0 Å². The third-order valence-electron chi connectivity index (χ3n) is 4.79. The molecule has 0 atom stereocenters. The summed E-state index contributed by atoms with van der Waals surface area (Å²) in [6, 6.07) is 0. The molecule has 0 bridgehead atoms. The summed E-state index contributed by atoms with van der Waals surface area (Å²) < 4.78 is 0. The smallest absolute Gasteiger partial charge is 0.0386 e. The predicted molar refractivity (Wildman–Crippen MR) is 62.2 cm³/mol. The van der Waals surface area contributed by atoms with Crippen LogP contribution in [-0.4, -0.2) is 0 Å². The summed E-state index contributed by atoms with van der Waals surface area (Å²) in [5.41, 5.74) is 0. The minimum absolute atomic E-state index is 1.02. The van der Waals surface area contributed by atoms with Gasteiger partial charge in [-0.25, -0.2) is 0 Å². The van der Waals surface area contributed by atoms with Crippen molar-refractivity contribution in [2.45, 2.75) is 65.2 Å². The lowest BCUT2D eigenvalue weighted by Gasteiger charge is -2.36. The summed E-state index contributed by atoms with van der Waals surface area (Å²) in [6.45, 7) is 4.86. The molecule has 0 amide bonds. The molecule has 82 valence electrons. The van der Waals surface area contributed by atoms with E-state index in [2.05, 4.69) is 13.8 Å². The summed E-state index contributed by atoms with van der Waals surface area (Å²) in [6.07, 6.45) is 12.2. The van der Waals surface area contributed by atoms with Crippen molar-refractivity contribution in [3.8, 4) is 0 Å². The lowest BCUT2D eigenvalue weighted by Crippen LogP contribution is -2.24. The molecule has 0 aromatic rings. The van der Waals surface area contributed by atoms with Gasteiger partial charge in [0.1, 0.15) is 0 Å². The van der Waals surface area contributed by atoms with Crippen molar-refractivity contribution in [2.24, 2.45) is 23.7 Å². The van der Waals surface area contributed by atoms with Crippen LogP contribution in [0.2, 0.25) is 0 Å². The van der Waals surface area contributed by atoms with Gasteiger partial charge in [0.2, 0.25) is 0 Å². The fraction of sp³-hybridized carbons (Fsp3) is 1.00. The van der Waals surface area contributed by atoms with Crippen LogP contribution in [0.5, 0.6) is 0 Å². The predicted octanol–water partition coefficient (Wildman–Crippen LogP) is 4.64. The molecule has 2 rings (SSSR count). The quantitative estimate of drug-likeness (QED) is 0.570. The maximum absolute atomic E-state index is 2.43. The molecule has 0 nitrogen and oxygen atoms in total. The second kappa shape index (κ2) is 4.68. The average Bonchev–Trinajstić information content (AvgIpc) is 2.21. The Labute approximate surface area is 89.5 Å².